The fourth-order valence-corrected chi connectivity index (χ4v) is 1.75. The SMILES string of the molecule is C=CC(=O)OCCOC(=O)CCCCCCC(=O)OCCOC(=O)C=C. The molecule has 26 heavy (non-hydrogen) atoms. The van der Waals surface area contributed by atoms with Gasteiger partial charge < -0.3 is 18.9 Å². The molecule has 0 aliphatic rings. The third-order valence-electron chi connectivity index (χ3n) is 3.03. The Balaban J connectivity index is 3.43. The van der Waals surface area contributed by atoms with Crippen LogP contribution in [0, 0.1) is 0 Å². The van der Waals surface area contributed by atoms with Gasteiger partial charge in [-0.05, 0) is 12.8 Å². The predicted octanol–water partition coefficient (Wildman–Crippen LogP) is 1.87. The van der Waals surface area contributed by atoms with E-state index in [1.165, 1.54) is 0 Å². The largest absolute Gasteiger partial charge is 0.462 e. The summed E-state index contributed by atoms with van der Waals surface area (Å²) in [6.07, 6.45) is 5.48. The van der Waals surface area contributed by atoms with Crippen LogP contribution in [0.5, 0.6) is 0 Å². The molecule has 0 aromatic rings. The summed E-state index contributed by atoms with van der Waals surface area (Å²) in [4.78, 5) is 44.3. The number of rotatable bonds is 15. The van der Waals surface area contributed by atoms with Crippen molar-refractivity contribution in [2.24, 2.45) is 0 Å². The van der Waals surface area contributed by atoms with Gasteiger partial charge in [-0.2, -0.15) is 0 Å². The van der Waals surface area contributed by atoms with Crippen molar-refractivity contribution in [3.8, 4) is 0 Å². The molecule has 0 rings (SSSR count). The standard InChI is InChI=1S/C18H26O8/c1-3-15(19)23-11-13-25-17(21)9-7-5-6-8-10-18(22)26-14-12-24-16(20)4-2/h3-4H,1-2,5-14H2. The van der Waals surface area contributed by atoms with Crippen molar-refractivity contribution in [1.29, 1.82) is 0 Å². The van der Waals surface area contributed by atoms with E-state index in [9.17, 15) is 19.2 Å². The maximum atomic E-state index is 11.4. The molecule has 0 aliphatic carbocycles. The lowest BCUT2D eigenvalue weighted by Crippen LogP contribution is -2.12. The van der Waals surface area contributed by atoms with Crippen molar-refractivity contribution in [2.45, 2.75) is 38.5 Å². The molecule has 0 aromatic carbocycles. The molecule has 8 heteroatoms. The molecule has 0 heterocycles. The van der Waals surface area contributed by atoms with Gasteiger partial charge in [-0.25, -0.2) is 9.59 Å². The first-order valence-electron chi connectivity index (χ1n) is 8.39. The zero-order chi connectivity index (χ0) is 19.6. The van der Waals surface area contributed by atoms with E-state index in [4.69, 9.17) is 9.47 Å². The van der Waals surface area contributed by atoms with Gasteiger partial charge in [0.25, 0.3) is 0 Å². The molecule has 0 bridgehead atoms. The molecule has 8 nitrogen and oxygen atoms in total. The fourth-order valence-electron chi connectivity index (χ4n) is 1.75. The first-order valence-corrected chi connectivity index (χ1v) is 8.39. The lowest BCUT2D eigenvalue weighted by Gasteiger charge is -2.06. The number of hydrogen-bond acceptors (Lipinski definition) is 8. The molecule has 0 radical (unpaired) electrons. The Labute approximate surface area is 153 Å². The lowest BCUT2D eigenvalue weighted by atomic mass is 10.1. The third kappa shape index (κ3) is 14.9. The molecule has 0 N–H and O–H groups in total. The van der Waals surface area contributed by atoms with Crippen LogP contribution in [0.4, 0.5) is 0 Å². The minimum absolute atomic E-state index is 0.00545. The molecule has 0 aliphatic heterocycles. The summed E-state index contributed by atoms with van der Waals surface area (Å²) in [7, 11) is 0. The van der Waals surface area contributed by atoms with Crippen LogP contribution in [-0.2, 0) is 38.1 Å². The minimum Gasteiger partial charge on any atom is -0.462 e. The van der Waals surface area contributed by atoms with E-state index in [-0.39, 0.29) is 51.2 Å². The van der Waals surface area contributed by atoms with E-state index < -0.39 is 11.9 Å². The summed E-state index contributed by atoms with van der Waals surface area (Å²) in [5.41, 5.74) is 0. The maximum Gasteiger partial charge on any atom is 0.330 e. The van der Waals surface area contributed by atoms with Crippen molar-refractivity contribution in [2.75, 3.05) is 26.4 Å². The minimum atomic E-state index is -0.558. The second kappa shape index (κ2) is 15.9. The van der Waals surface area contributed by atoms with Gasteiger partial charge >= 0.3 is 23.9 Å². The Hall–Kier alpha value is -2.64. The van der Waals surface area contributed by atoms with E-state index in [2.05, 4.69) is 22.6 Å². The Morgan fingerprint density at radius 2 is 0.923 bits per heavy atom. The summed E-state index contributed by atoms with van der Waals surface area (Å²) < 4.78 is 19.1. The number of hydrogen-bond donors (Lipinski definition) is 0. The predicted molar refractivity (Wildman–Crippen MR) is 91.9 cm³/mol. The summed E-state index contributed by atoms with van der Waals surface area (Å²) >= 11 is 0. The highest BCUT2D eigenvalue weighted by Crippen LogP contribution is 2.07. The first-order chi connectivity index (χ1) is 12.5. The van der Waals surface area contributed by atoms with E-state index in [0.717, 1.165) is 25.0 Å². The highest BCUT2D eigenvalue weighted by atomic mass is 16.6. The highest BCUT2D eigenvalue weighted by molar-refractivity contribution is 5.81. The quantitative estimate of drug-likeness (QED) is 0.186. The van der Waals surface area contributed by atoms with Crippen LogP contribution in [-0.4, -0.2) is 50.3 Å². The van der Waals surface area contributed by atoms with Crippen LogP contribution in [0.3, 0.4) is 0 Å². The zero-order valence-corrected chi connectivity index (χ0v) is 14.9. The molecule has 0 atom stereocenters. The van der Waals surface area contributed by atoms with Crippen LogP contribution >= 0.6 is 0 Å². The van der Waals surface area contributed by atoms with Gasteiger partial charge in [-0.3, -0.25) is 9.59 Å². The van der Waals surface area contributed by atoms with Crippen LogP contribution in [0.25, 0.3) is 0 Å². The van der Waals surface area contributed by atoms with Gasteiger partial charge in [0.05, 0.1) is 0 Å². The molecule has 0 unspecified atom stereocenters. The second-order valence-corrected chi connectivity index (χ2v) is 5.10. The molecule has 0 saturated heterocycles. The fraction of sp³-hybridized carbons (Fsp3) is 0.556. The van der Waals surface area contributed by atoms with E-state index in [0.29, 0.717) is 12.8 Å². The summed E-state index contributed by atoms with van der Waals surface area (Å²) in [6.45, 7) is 6.54. The molecule has 0 spiro atoms. The summed E-state index contributed by atoms with van der Waals surface area (Å²) in [5.74, 6) is -1.82. The Bertz CT molecular complexity index is 440. The molecule has 0 saturated carbocycles. The maximum absolute atomic E-state index is 11.4. The molecule has 0 aromatic heterocycles. The van der Waals surface area contributed by atoms with Gasteiger partial charge in [0, 0.05) is 25.0 Å². The van der Waals surface area contributed by atoms with Crippen LogP contribution < -0.4 is 0 Å². The number of carbonyl (C=O) groups excluding carboxylic acids is 4. The Kier molecular flexibility index (Phi) is 14.3. The first kappa shape index (κ1) is 23.4. The zero-order valence-electron chi connectivity index (χ0n) is 14.9. The number of ether oxygens (including phenoxy) is 4. The lowest BCUT2D eigenvalue weighted by molar-refractivity contribution is -0.150. The molecular formula is C18H26O8. The van der Waals surface area contributed by atoms with Gasteiger partial charge in [0.15, 0.2) is 0 Å². The van der Waals surface area contributed by atoms with E-state index in [1.807, 2.05) is 0 Å². The monoisotopic (exact) mass is 370 g/mol. The van der Waals surface area contributed by atoms with Crippen molar-refractivity contribution in [3.63, 3.8) is 0 Å². The van der Waals surface area contributed by atoms with Gasteiger partial charge in [-0.1, -0.05) is 26.0 Å². The molecular weight excluding hydrogens is 344 g/mol. The van der Waals surface area contributed by atoms with Crippen LogP contribution in [0.2, 0.25) is 0 Å². The van der Waals surface area contributed by atoms with Crippen molar-refractivity contribution >= 4 is 23.9 Å². The third-order valence-corrected chi connectivity index (χ3v) is 3.03. The second-order valence-electron chi connectivity index (χ2n) is 5.10. The molecule has 0 fully saturated rings. The topological polar surface area (TPSA) is 105 Å². The van der Waals surface area contributed by atoms with E-state index in [1.54, 1.807) is 0 Å². The van der Waals surface area contributed by atoms with Crippen molar-refractivity contribution < 1.29 is 38.1 Å². The van der Waals surface area contributed by atoms with Crippen LogP contribution in [0.15, 0.2) is 25.3 Å². The summed E-state index contributed by atoms with van der Waals surface area (Å²) in [6, 6.07) is 0. The normalized spacial score (nSPS) is 9.69. The Morgan fingerprint density at radius 3 is 1.27 bits per heavy atom. The summed E-state index contributed by atoms with van der Waals surface area (Å²) in [5, 5.41) is 0. The average Bonchev–Trinajstić information content (AvgIpc) is 2.64. The average molecular weight is 370 g/mol. The van der Waals surface area contributed by atoms with Gasteiger partial charge in [0.1, 0.15) is 26.4 Å². The number of unbranched alkanes of at least 4 members (excludes halogenated alkanes) is 3. The van der Waals surface area contributed by atoms with Gasteiger partial charge in [0.2, 0.25) is 0 Å². The highest BCUT2D eigenvalue weighted by Gasteiger charge is 2.06. The smallest absolute Gasteiger partial charge is 0.330 e. The van der Waals surface area contributed by atoms with E-state index >= 15 is 0 Å². The molecule has 0 amide bonds. The van der Waals surface area contributed by atoms with Crippen molar-refractivity contribution in [3.05, 3.63) is 25.3 Å². The Morgan fingerprint density at radius 1 is 0.577 bits per heavy atom. The molecule has 146 valence electrons. The van der Waals surface area contributed by atoms with Gasteiger partial charge in [-0.15, -0.1) is 0 Å². The number of esters is 4. The number of carbonyl (C=O) groups is 4. The van der Waals surface area contributed by atoms with Crippen molar-refractivity contribution in [1.82, 2.24) is 0 Å². The van der Waals surface area contributed by atoms with Crippen LogP contribution in [0.1, 0.15) is 38.5 Å².